The maximum absolute atomic E-state index is 10.3. The fourth-order valence-corrected chi connectivity index (χ4v) is 4.13. The number of likely N-dealkylation sites (tertiary alicyclic amines) is 1. The van der Waals surface area contributed by atoms with Gasteiger partial charge in [-0.05, 0) is 44.6 Å². The summed E-state index contributed by atoms with van der Waals surface area (Å²) in [6, 6.07) is 5.52. The lowest BCUT2D eigenvalue weighted by Crippen LogP contribution is -2.47. The number of aliphatic imine (C=N–C) groups is 1. The van der Waals surface area contributed by atoms with E-state index in [2.05, 4.69) is 17.1 Å². The van der Waals surface area contributed by atoms with Gasteiger partial charge in [-0.3, -0.25) is 0 Å². The van der Waals surface area contributed by atoms with Gasteiger partial charge in [0.25, 0.3) is 0 Å². The van der Waals surface area contributed by atoms with Crippen molar-refractivity contribution in [3.05, 3.63) is 23.8 Å². The van der Waals surface area contributed by atoms with Crippen molar-refractivity contribution in [2.45, 2.75) is 58.1 Å². The molecule has 7 heteroatoms. The molecule has 1 heterocycles. The third-order valence-corrected chi connectivity index (χ3v) is 5.82. The molecule has 1 saturated heterocycles. The Bertz CT molecular complexity index is 642. The van der Waals surface area contributed by atoms with Gasteiger partial charge < -0.3 is 24.8 Å². The Morgan fingerprint density at radius 1 is 1.21 bits per heavy atom. The first kappa shape index (κ1) is 24.1. The van der Waals surface area contributed by atoms with Crippen LogP contribution >= 0.6 is 24.0 Å². The minimum absolute atomic E-state index is 0. The average Bonchev–Trinajstić information content (AvgIpc) is 3.25. The first-order valence-electron chi connectivity index (χ1n) is 10.7. The van der Waals surface area contributed by atoms with Gasteiger partial charge in [-0.15, -0.1) is 24.0 Å². The summed E-state index contributed by atoms with van der Waals surface area (Å²) in [5.41, 5.74) is 0.768. The number of phenols is 1. The van der Waals surface area contributed by atoms with Crippen molar-refractivity contribution in [1.29, 1.82) is 0 Å². The molecule has 29 heavy (non-hydrogen) atoms. The first-order valence-corrected chi connectivity index (χ1v) is 10.7. The topological polar surface area (TPSA) is 66.3 Å². The third-order valence-electron chi connectivity index (χ3n) is 5.82. The number of benzene rings is 1. The maximum Gasteiger partial charge on any atom is 0.194 e. The van der Waals surface area contributed by atoms with Crippen molar-refractivity contribution < 1.29 is 14.6 Å². The van der Waals surface area contributed by atoms with Crippen molar-refractivity contribution in [2.24, 2.45) is 10.9 Å². The lowest BCUT2D eigenvalue weighted by atomic mass is 10.1. The molecule has 0 radical (unpaired) electrons. The zero-order valence-electron chi connectivity index (χ0n) is 17.7. The number of hydrogen-bond donors (Lipinski definition) is 2. The zero-order valence-corrected chi connectivity index (χ0v) is 20.1. The van der Waals surface area contributed by atoms with Crippen molar-refractivity contribution >= 4 is 29.9 Å². The minimum atomic E-state index is 0. The predicted octanol–water partition coefficient (Wildman–Crippen LogP) is 4.16. The number of ether oxygens (including phenoxy) is 2. The second-order valence-corrected chi connectivity index (χ2v) is 7.81. The summed E-state index contributed by atoms with van der Waals surface area (Å²) in [6.07, 6.45) is 7.89. The summed E-state index contributed by atoms with van der Waals surface area (Å²) in [6.45, 7) is 6.16. The zero-order chi connectivity index (χ0) is 19.8. The molecule has 0 bridgehead atoms. The number of phenolic OH excluding ortho intramolecular Hbond substituents is 1. The molecule has 2 aliphatic rings. The number of aromatic hydroxyl groups is 1. The monoisotopic (exact) mass is 517 g/mol. The molecule has 2 fully saturated rings. The Labute approximate surface area is 192 Å². The Kier molecular flexibility index (Phi) is 10.3. The Hall–Kier alpha value is -1.22. The Morgan fingerprint density at radius 3 is 2.59 bits per heavy atom. The largest absolute Gasteiger partial charge is 0.504 e. The van der Waals surface area contributed by atoms with Crippen LogP contribution in [0.4, 0.5) is 0 Å². The molecule has 0 unspecified atom stereocenters. The lowest BCUT2D eigenvalue weighted by molar-refractivity contribution is 0.00101. The van der Waals surface area contributed by atoms with E-state index in [9.17, 15) is 5.11 Å². The maximum atomic E-state index is 10.3. The molecule has 164 valence electrons. The number of piperidine rings is 1. The molecule has 6 nitrogen and oxygen atoms in total. The van der Waals surface area contributed by atoms with E-state index >= 15 is 0 Å². The smallest absolute Gasteiger partial charge is 0.194 e. The second kappa shape index (κ2) is 12.5. The van der Waals surface area contributed by atoms with Crippen molar-refractivity contribution in [1.82, 2.24) is 10.2 Å². The highest BCUT2D eigenvalue weighted by Crippen LogP contribution is 2.30. The molecular formula is C22H36IN3O3. The van der Waals surface area contributed by atoms with E-state index in [1.165, 1.54) is 25.7 Å². The summed E-state index contributed by atoms with van der Waals surface area (Å²) in [4.78, 5) is 7.05. The van der Waals surface area contributed by atoms with Crippen LogP contribution in [0, 0.1) is 5.92 Å². The van der Waals surface area contributed by atoms with Gasteiger partial charge in [0.2, 0.25) is 0 Å². The van der Waals surface area contributed by atoms with Crippen LogP contribution in [0.3, 0.4) is 0 Å². The third kappa shape index (κ3) is 6.91. The van der Waals surface area contributed by atoms with E-state index in [0.29, 0.717) is 18.4 Å². The number of halogens is 1. The Balaban J connectivity index is 0.00000300. The van der Waals surface area contributed by atoms with Gasteiger partial charge in [-0.2, -0.15) is 0 Å². The van der Waals surface area contributed by atoms with Gasteiger partial charge >= 0.3 is 0 Å². The number of nitrogens with zero attached hydrogens (tertiary/aromatic N) is 2. The van der Waals surface area contributed by atoms with Crippen LogP contribution in [0.1, 0.15) is 51.0 Å². The van der Waals surface area contributed by atoms with Crippen LogP contribution in [0.5, 0.6) is 11.5 Å². The number of para-hydroxylation sites is 1. The fraction of sp³-hybridized carbons (Fsp3) is 0.682. The van der Waals surface area contributed by atoms with Crippen LogP contribution in [-0.4, -0.2) is 55.4 Å². The van der Waals surface area contributed by atoms with Gasteiger partial charge in [0, 0.05) is 31.8 Å². The van der Waals surface area contributed by atoms with Gasteiger partial charge in [0.05, 0.1) is 19.8 Å². The van der Waals surface area contributed by atoms with E-state index in [1.54, 1.807) is 13.2 Å². The fourth-order valence-electron chi connectivity index (χ4n) is 4.13. The average molecular weight is 517 g/mol. The molecule has 1 aromatic carbocycles. The van der Waals surface area contributed by atoms with Crippen LogP contribution in [0.2, 0.25) is 0 Å². The van der Waals surface area contributed by atoms with Crippen LogP contribution < -0.4 is 10.1 Å². The molecule has 0 spiro atoms. The van der Waals surface area contributed by atoms with Crippen molar-refractivity contribution in [3.63, 3.8) is 0 Å². The molecule has 0 aromatic heterocycles. The van der Waals surface area contributed by atoms with E-state index in [0.717, 1.165) is 56.5 Å². The molecule has 0 amide bonds. The molecule has 1 aliphatic heterocycles. The second-order valence-electron chi connectivity index (χ2n) is 7.81. The van der Waals surface area contributed by atoms with Crippen molar-refractivity contribution in [2.75, 3.05) is 33.4 Å². The van der Waals surface area contributed by atoms with Gasteiger partial charge in [-0.25, -0.2) is 4.99 Å². The molecular weight excluding hydrogens is 481 g/mol. The number of hydrogen-bond acceptors (Lipinski definition) is 4. The summed E-state index contributed by atoms with van der Waals surface area (Å²) in [5, 5.41) is 13.7. The number of nitrogens with one attached hydrogen (secondary N) is 1. The molecule has 2 N–H and O–H groups in total. The van der Waals surface area contributed by atoms with Gasteiger partial charge in [-0.1, -0.05) is 25.0 Å². The van der Waals surface area contributed by atoms with Crippen LogP contribution in [-0.2, 0) is 11.3 Å². The first-order chi connectivity index (χ1) is 13.7. The highest BCUT2D eigenvalue weighted by molar-refractivity contribution is 14.0. The molecule has 0 atom stereocenters. The molecule has 3 rings (SSSR count). The summed E-state index contributed by atoms with van der Waals surface area (Å²) in [7, 11) is 1.56. The van der Waals surface area contributed by atoms with E-state index in [1.807, 2.05) is 12.1 Å². The lowest BCUT2D eigenvalue weighted by Gasteiger charge is -2.34. The SMILES string of the molecule is CCNC(=NCc1cccc(OC)c1O)N1CCC(OCC2CCCC2)CC1.I. The highest BCUT2D eigenvalue weighted by Gasteiger charge is 2.24. The Morgan fingerprint density at radius 2 is 1.93 bits per heavy atom. The standard InChI is InChI=1S/C22H35N3O3.HI/c1-3-23-22(24-15-18-9-6-10-20(27-2)21(18)26)25-13-11-19(12-14-25)28-16-17-7-4-5-8-17;/h6,9-10,17,19,26H,3-5,7-8,11-16H2,1-2H3,(H,23,24);1H. The van der Waals surface area contributed by atoms with Crippen LogP contribution in [0.25, 0.3) is 0 Å². The van der Waals surface area contributed by atoms with Crippen molar-refractivity contribution in [3.8, 4) is 11.5 Å². The molecule has 1 aromatic rings. The minimum Gasteiger partial charge on any atom is -0.504 e. The van der Waals surface area contributed by atoms with E-state index < -0.39 is 0 Å². The molecule has 1 aliphatic carbocycles. The van der Waals surface area contributed by atoms with E-state index in [-0.39, 0.29) is 29.7 Å². The summed E-state index contributed by atoms with van der Waals surface area (Å²) >= 11 is 0. The normalized spacial score (nSPS) is 18.6. The van der Waals surface area contributed by atoms with Crippen LogP contribution in [0.15, 0.2) is 23.2 Å². The number of methoxy groups -OCH3 is 1. The quantitative estimate of drug-likeness (QED) is 0.323. The number of guanidine groups is 1. The highest BCUT2D eigenvalue weighted by atomic mass is 127. The van der Waals surface area contributed by atoms with Gasteiger partial charge in [0.1, 0.15) is 0 Å². The predicted molar refractivity (Wildman–Crippen MR) is 127 cm³/mol. The van der Waals surface area contributed by atoms with Gasteiger partial charge in [0.15, 0.2) is 17.5 Å². The summed E-state index contributed by atoms with van der Waals surface area (Å²) in [5.74, 6) is 2.34. The molecule has 1 saturated carbocycles. The van der Waals surface area contributed by atoms with E-state index in [4.69, 9.17) is 14.5 Å². The summed E-state index contributed by atoms with van der Waals surface area (Å²) < 4.78 is 11.4. The number of rotatable bonds is 7.